The Labute approximate surface area is 171 Å². The average Bonchev–Trinajstić information content (AvgIpc) is 2.72. The van der Waals surface area contributed by atoms with Gasteiger partial charge in [-0.05, 0) is 35.8 Å². The zero-order valence-electron chi connectivity index (χ0n) is 18.5. The first kappa shape index (κ1) is 24.2. The van der Waals surface area contributed by atoms with Gasteiger partial charge in [0.25, 0.3) is 0 Å². The Morgan fingerprint density at radius 2 is 1.04 bits per heavy atom. The summed E-state index contributed by atoms with van der Waals surface area (Å²) < 4.78 is 11.0. The molecule has 0 radical (unpaired) electrons. The van der Waals surface area contributed by atoms with E-state index >= 15 is 0 Å². The molecule has 28 heavy (non-hydrogen) atoms. The lowest BCUT2D eigenvalue weighted by molar-refractivity contribution is 0.0356. The number of hydrogen-bond acceptors (Lipinski definition) is 4. The van der Waals surface area contributed by atoms with Gasteiger partial charge in [-0.25, -0.2) is 9.59 Å². The van der Waals surface area contributed by atoms with Crippen LogP contribution in [0.15, 0.2) is 24.3 Å². The first-order valence-electron chi connectivity index (χ1n) is 10.8. The van der Waals surface area contributed by atoms with Crippen LogP contribution in [0.2, 0.25) is 0 Å². The smallest absolute Gasteiger partial charge is 0.339 e. The van der Waals surface area contributed by atoms with Crippen molar-refractivity contribution in [3.05, 3.63) is 35.4 Å². The van der Waals surface area contributed by atoms with Crippen molar-refractivity contribution in [2.45, 2.75) is 67.2 Å². The summed E-state index contributed by atoms with van der Waals surface area (Å²) in [5.74, 6) is 0.716. The van der Waals surface area contributed by atoms with E-state index in [9.17, 15) is 9.59 Å². The van der Waals surface area contributed by atoms with Crippen LogP contribution in [-0.2, 0) is 9.47 Å². The molecule has 0 aliphatic heterocycles. The Morgan fingerprint density at radius 1 is 0.714 bits per heavy atom. The number of esters is 2. The molecule has 2 atom stereocenters. The van der Waals surface area contributed by atoms with Gasteiger partial charge in [0.15, 0.2) is 0 Å². The van der Waals surface area contributed by atoms with Crippen molar-refractivity contribution in [1.82, 2.24) is 0 Å². The molecule has 0 saturated carbocycles. The number of hydrogen-bond donors (Lipinski definition) is 0. The van der Waals surface area contributed by atoms with Gasteiger partial charge < -0.3 is 9.47 Å². The molecule has 1 aromatic rings. The minimum absolute atomic E-state index is 0.277. The van der Waals surface area contributed by atoms with Crippen LogP contribution in [0.1, 0.15) is 87.9 Å². The van der Waals surface area contributed by atoms with Crippen LogP contribution in [0.3, 0.4) is 0 Å². The SMILES string of the molecule is CCC(CC)C(C)COC(=O)c1ccccc1C(=O)OCC(C)C(CC)CC. The van der Waals surface area contributed by atoms with Gasteiger partial charge in [-0.2, -0.15) is 0 Å². The minimum atomic E-state index is -0.460. The molecule has 4 nitrogen and oxygen atoms in total. The van der Waals surface area contributed by atoms with Crippen molar-refractivity contribution in [3.63, 3.8) is 0 Å². The van der Waals surface area contributed by atoms with Gasteiger partial charge in [-0.1, -0.05) is 79.4 Å². The van der Waals surface area contributed by atoms with Crippen molar-refractivity contribution in [2.75, 3.05) is 13.2 Å². The van der Waals surface area contributed by atoms with Crippen LogP contribution < -0.4 is 0 Å². The molecule has 0 N–H and O–H groups in total. The second kappa shape index (κ2) is 12.6. The van der Waals surface area contributed by atoms with Crippen molar-refractivity contribution < 1.29 is 19.1 Å². The van der Waals surface area contributed by atoms with Crippen molar-refractivity contribution in [3.8, 4) is 0 Å². The molecule has 0 fully saturated rings. The molecule has 0 aliphatic rings. The highest BCUT2D eigenvalue weighted by Gasteiger charge is 2.22. The first-order chi connectivity index (χ1) is 13.4. The van der Waals surface area contributed by atoms with E-state index < -0.39 is 11.9 Å². The predicted molar refractivity (Wildman–Crippen MR) is 113 cm³/mol. The van der Waals surface area contributed by atoms with E-state index in [-0.39, 0.29) is 11.1 Å². The Kier molecular flexibility index (Phi) is 10.9. The molecule has 1 rings (SSSR count). The van der Waals surface area contributed by atoms with Crippen LogP contribution in [-0.4, -0.2) is 25.2 Å². The third kappa shape index (κ3) is 6.96. The number of benzene rings is 1. The summed E-state index contributed by atoms with van der Waals surface area (Å²) in [7, 11) is 0. The summed E-state index contributed by atoms with van der Waals surface area (Å²) in [5, 5.41) is 0. The largest absolute Gasteiger partial charge is 0.462 e. The van der Waals surface area contributed by atoms with E-state index in [0.717, 1.165) is 25.7 Å². The van der Waals surface area contributed by atoms with Gasteiger partial charge in [0.1, 0.15) is 0 Å². The van der Waals surface area contributed by atoms with E-state index in [1.54, 1.807) is 24.3 Å². The molecular weight excluding hydrogens is 352 g/mol. The zero-order valence-corrected chi connectivity index (χ0v) is 18.5. The maximum atomic E-state index is 12.6. The molecule has 2 unspecified atom stereocenters. The normalized spacial score (nSPS) is 13.4. The van der Waals surface area contributed by atoms with Crippen LogP contribution in [0.4, 0.5) is 0 Å². The lowest BCUT2D eigenvalue weighted by atomic mass is 9.90. The lowest BCUT2D eigenvalue weighted by Crippen LogP contribution is -2.22. The first-order valence-corrected chi connectivity index (χ1v) is 10.8. The van der Waals surface area contributed by atoms with Gasteiger partial charge in [0.2, 0.25) is 0 Å². The summed E-state index contributed by atoms with van der Waals surface area (Å²) in [6, 6.07) is 6.74. The fourth-order valence-electron chi connectivity index (χ4n) is 3.87. The topological polar surface area (TPSA) is 52.6 Å². The second-order valence-corrected chi connectivity index (χ2v) is 7.85. The monoisotopic (exact) mass is 390 g/mol. The Bertz CT molecular complexity index is 549. The van der Waals surface area contributed by atoms with Crippen molar-refractivity contribution >= 4 is 11.9 Å². The molecule has 1 aromatic carbocycles. The molecule has 0 aromatic heterocycles. The summed E-state index contributed by atoms with van der Waals surface area (Å²) in [4.78, 5) is 25.2. The van der Waals surface area contributed by atoms with E-state index in [4.69, 9.17) is 9.47 Å². The van der Waals surface area contributed by atoms with E-state index in [1.807, 2.05) is 0 Å². The van der Waals surface area contributed by atoms with Crippen LogP contribution >= 0.6 is 0 Å². The second-order valence-electron chi connectivity index (χ2n) is 7.85. The summed E-state index contributed by atoms with van der Waals surface area (Å²) >= 11 is 0. The van der Waals surface area contributed by atoms with Gasteiger partial charge >= 0.3 is 11.9 Å². The number of carbonyl (C=O) groups is 2. The predicted octanol–water partition coefficient (Wildman–Crippen LogP) is 6.14. The van der Waals surface area contributed by atoms with Crippen LogP contribution in [0, 0.1) is 23.7 Å². The number of ether oxygens (including phenoxy) is 2. The third-order valence-electron chi connectivity index (χ3n) is 6.03. The van der Waals surface area contributed by atoms with Crippen molar-refractivity contribution in [2.24, 2.45) is 23.7 Å². The van der Waals surface area contributed by atoms with E-state index in [2.05, 4.69) is 41.5 Å². The van der Waals surface area contributed by atoms with E-state index in [0.29, 0.717) is 36.9 Å². The van der Waals surface area contributed by atoms with Gasteiger partial charge in [-0.15, -0.1) is 0 Å². The Balaban J connectivity index is 2.75. The minimum Gasteiger partial charge on any atom is -0.462 e. The number of carbonyl (C=O) groups excluding carboxylic acids is 2. The highest BCUT2D eigenvalue weighted by atomic mass is 16.5. The van der Waals surface area contributed by atoms with Crippen molar-refractivity contribution in [1.29, 1.82) is 0 Å². The quantitative estimate of drug-likeness (QED) is 0.402. The molecule has 0 amide bonds. The van der Waals surface area contributed by atoms with E-state index in [1.165, 1.54) is 0 Å². The Morgan fingerprint density at radius 3 is 1.32 bits per heavy atom. The van der Waals surface area contributed by atoms with Gasteiger partial charge in [-0.3, -0.25) is 0 Å². The summed E-state index contributed by atoms with van der Waals surface area (Å²) in [5.41, 5.74) is 0.555. The fraction of sp³-hybridized carbons (Fsp3) is 0.667. The summed E-state index contributed by atoms with van der Waals surface area (Å²) in [6.07, 6.45) is 4.25. The van der Waals surface area contributed by atoms with Gasteiger partial charge in [0, 0.05) is 0 Å². The fourth-order valence-corrected chi connectivity index (χ4v) is 3.87. The molecule has 0 heterocycles. The van der Waals surface area contributed by atoms with Crippen LogP contribution in [0.5, 0.6) is 0 Å². The molecule has 158 valence electrons. The van der Waals surface area contributed by atoms with Gasteiger partial charge in [0.05, 0.1) is 24.3 Å². The molecule has 0 bridgehead atoms. The van der Waals surface area contributed by atoms with Crippen LogP contribution in [0.25, 0.3) is 0 Å². The summed E-state index contributed by atoms with van der Waals surface area (Å²) in [6.45, 7) is 13.5. The maximum absolute atomic E-state index is 12.6. The molecular formula is C24H38O4. The highest BCUT2D eigenvalue weighted by Crippen LogP contribution is 2.22. The molecule has 0 aliphatic carbocycles. The maximum Gasteiger partial charge on any atom is 0.339 e. The standard InChI is InChI=1S/C24H38O4/c1-7-19(8-2)17(5)15-27-23(25)21-13-11-12-14-22(21)24(26)28-16-18(6)20(9-3)10-4/h11-14,17-20H,7-10,15-16H2,1-6H3. The molecule has 0 saturated heterocycles. The average molecular weight is 391 g/mol. The zero-order chi connectivity index (χ0) is 21.1. The molecule has 4 heteroatoms. The lowest BCUT2D eigenvalue weighted by Gasteiger charge is -2.22. The molecule has 0 spiro atoms. The Hall–Kier alpha value is -1.84. The third-order valence-corrected chi connectivity index (χ3v) is 6.03. The number of rotatable bonds is 12. The highest BCUT2D eigenvalue weighted by molar-refractivity contribution is 6.03.